The van der Waals surface area contributed by atoms with Crippen molar-refractivity contribution in [3.63, 3.8) is 0 Å². The van der Waals surface area contributed by atoms with Crippen molar-refractivity contribution < 1.29 is 9.53 Å². The van der Waals surface area contributed by atoms with E-state index in [2.05, 4.69) is 20.6 Å². The van der Waals surface area contributed by atoms with E-state index in [1.54, 1.807) is 4.90 Å². The predicted molar refractivity (Wildman–Crippen MR) is 96.1 cm³/mol. The molecule has 0 aliphatic rings. The van der Waals surface area contributed by atoms with Crippen LogP contribution in [0.2, 0.25) is 0 Å². The molecule has 0 aliphatic carbocycles. The second-order valence-corrected chi connectivity index (χ2v) is 5.61. The first kappa shape index (κ1) is 17.5. The van der Waals surface area contributed by atoms with Gasteiger partial charge in [0, 0.05) is 19.8 Å². The van der Waals surface area contributed by atoms with Crippen LogP contribution >= 0.6 is 0 Å². The van der Waals surface area contributed by atoms with Crippen LogP contribution in [0.3, 0.4) is 0 Å². The predicted octanol–water partition coefficient (Wildman–Crippen LogP) is 3.20. The number of carbonyl (C=O) groups excluding carboxylic acids is 1. The number of aromatic nitrogens is 2. The van der Waals surface area contributed by atoms with Crippen LogP contribution in [0.1, 0.15) is 18.1 Å². The SMILES string of the molecule is CCOc1ncc(NC(=O)Nc2ccc(C)cc2C)c(N(C)C)n1. The van der Waals surface area contributed by atoms with Crippen molar-refractivity contribution in [2.45, 2.75) is 20.8 Å². The van der Waals surface area contributed by atoms with E-state index in [1.807, 2.05) is 53.1 Å². The fraction of sp³-hybridized carbons (Fsp3) is 0.353. The van der Waals surface area contributed by atoms with Crippen molar-refractivity contribution in [2.75, 3.05) is 36.2 Å². The average molecular weight is 329 g/mol. The van der Waals surface area contributed by atoms with E-state index in [-0.39, 0.29) is 12.0 Å². The molecule has 2 aromatic rings. The first-order valence-electron chi connectivity index (χ1n) is 7.73. The topological polar surface area (TPSA) is 79.4 Å². The maximum atomic E-state index is 12.3. The van der Waals surface area contributed by atoms with Gasteiger partial charge in [-0.15, -0.1) is 0 Å². The van der Waals surface area contributed by atoms with Crippen molar-refractivity contribution in [1.82, 2.24) is 9.97 Å². The summed E-state index contributed by atoms with van der Waals surface area (Å²) in [6, 6.07) is 5.78. The fourth-order valence-electron chi connectivity index (χ4n) is 2.21. The van der Waals surface area contributed by atoms with E-state index in [0.717, 1.165) is 16.8 Å². The van der Waals surface area contributed by atoms with Gasteiger partial charge in [-0.25, -0.2) is 9.78 Å². The number of benzene rings is 1. The van der Waals surface area contributed by atoms with Crippen LogP contribution in [-0.2, 0) is 0 Å². The molecule has 0 bridgehead atoms. The number of ether oxygens (including phenoxy) is 1. The van der Waals surface area contributed by atoms with E-state index in [0.29, 0.717) is 18.1 Å². The zero-order valence-electron chi connectivity index (χ0n) is 14.7. The van der Waals surface area contributed by atoms with Gasteiger partial charge in [-0.3, -0.25) is 0 Å². The number of carbonyl (C=O) groups is 1. The zero-order chi connectivity index (χ0) is 17.7. The van der Waals surface area contributed by atoms with Crippen LogP contribution in [0.5, 0.6) is 6.01 Å². The lowest BCUT2D eigenvalue weighted by molar-refractivity contribution is 0.262. The normalized spacial score (nSPS) is 10.2. The Morgan fingerprint density at radius 1 is 1.21 bits per heavy atom. The molecule has 0 radical (unpaired) electrons. The monoisotopic (exact) mass is 329 g/mol. The first-order chi connectivity index (χ1) is 11.4. The molecule has 0 saturated heterocycles. The quantitative estimate of drug-likeness (QED) is 0.880. The number of hydrogen-bond donors (Lipinski definition) is 2. The van der Waals surface area contributed by atoms with E-state index in [9.17, 15) is 4.79 Å². The summed E-state index contributed by atoms with van der Waals surface area (Å²) in [6.45, 7) is 6.31. The van der Waals surface area contributed by atoms with Crippen molar-refractivity contribution in [2.24, 2.45) is 0 Å². The summed E-state index contributed by atoms with van der Waals surface area (Å²) >= 11 is 0. The molecule has 128 valence electrons. The highest BCUT2D eigenvalue weighted by Crippen LogP contribution is 2.23. The molecule has 7 heteroatoms. The number of amides is 2. The number of nitrogens with zero attached hydrogens (tertiary/aromatic N) is 3. The molecule has 0 unspecified atom stereocenters. The molecule has 0 spiro atoms. The molecule has 0 atom stereocenters. The Morgan fingerprint density at radius 2 is 1.92 bits per heavy atom. The molecule has 0 aliphatic heterocycles. The minimum atomic E-state index is -0.349. The van der Waals surface area contributed by atoms with Gasteiger partial charge < -0.3 is 20.3 Å². The summed E-state index contributed by atoms with van der Waals surface area (Å²) in [6.07, 6.45) is 1.54. The standard InChI is InChI=1S/C17H23N5O2/c1-6-24-17-18-10-14(15(21-17)22(4)5)20-16(23)19-13-8-7-11(2)9-12(13)3/h7-10H,6H2,1-5H3,(H2,19,20,23). The molecule has 2 rings (SSSR count). The molecule has 24 heavy (non-hydrogen) atoms. The molecule has 0 saturated carbocycles. The molecular formula is C17H23N5O2. The third kappa shape index (κ3) is 4.34. The lowest BCUT2D eigenvalue weighted by Crippen LogP contribution is -2.23. The zero-order valence-corrected chi connectivity index (χ0v) is 14.7. The number of urea groups is 1. The van der Waals surface area contributed by atoms with Crippen LogP contribution in [0.25, 0.3) is 0 Å². The molecule has 0 fully saturated rings. The van der Waals surface area contributed by atoms with E-state index in [1.165, 1.54) is 6.20 Å². The van der Waals surface area contributed by atoms with Crippen LogP contribution in [-0.4, -0.2) is 36.7 Å². The van der Waals surface area contributed by atoms with Gasteiger partial charge in [-0.1, -0.05) is 17.7 Å². The number of aryl methyl sites for hydroxylation is 2. The highest BCUT2D eigenvalue weighted by molar-refractivity contribution is 6.01. The molecule has 2 N–H and O–H groups in total. The van der Waals surface area contributed by atoms with Crippen LogP contribution in [0, 0.1) is 13.8 Å². The van der Waals surface area contributed by atoms with Crippen LogP contribution in [0.15, 0.2) is 24.4 Å². The average Bonchev–Trinajstić information content (AvgIpc) is 2.51. The Kier molecular flexibility index (Phi) is 5.57. The summed E-state index contributed by atoms with van der Waals surface area (Å²) < 4.78 is 5.30. The highest BCUT2D eigenvalue weighted by Gasteiger charge is 2.13. The van der Waals surface area contributed by atoms with Gasteiger partial charge in [0.2, 0.25) is 0 Å². The number of hydrogen-bond acceptors (Lipinski definition) is 5. The van der Waals surface area contributed by atoms with Gasteiger partial charge >= 0.3 is 12.0 Å². The Bertz CT molecular complexity index is 731. The Labute approximate surface area is 142 Å². The minimum absolute atomic E-state index is 0.279. The summed E-state index contributed by atoms with van der Waals surface area (Å²) in [7, 11) is 3.68. The largest absolute Gasteiger partial charge is 0.464 e. The molecule has 1 heterocycles. The third-order valence-electron chi connectivity index (χ3n) is 3.32. The lowest BCUT2D eigenvalue weighted by atomic mass is 10.1. The van der Waals surface area contributed by atoms with Crippen molar-refractivity contribution in [3.05, 3.63) is 35.5 Å². The van der Waals surface area contributed by atoms with Crippen molar-refractivity contribution in [3.8, 4) is 6.01 Å². The van der Waals surface area contributed by atoms with Gasteiger partial charge in [0.05, 0.1) is 12.8 Å². The first-order valence-corrected chi connectivity index (χ1v) is 7.73. The second-order valence-electron chi connectivity index (χ2n) is 5.61. The Balaban J connectivity index is 2.16. The maximum absolute atomic E-state index is 12.3. The van der Waals surface area contributed by atoms with Gasteiger partial charge in [-0.2, -0.15) is 4.98 Å². The van der Waals surface area contributed by atoms with Gasteiger partial charge in [0.15, 0.2) is 5.82 Å². The summed E-state index contributed by atoms with van der Waals surface area (Å²) in [4.78, 5) is 22.5. The highest BCUT2D eigenvalue weighted by atomic mass is 16.5. The van der Waals surface area contributed by atoms with Crippen LogP contribution < -0.4 is 20.3 Å². The van der Waals surface area contributed by atoms with Gasteiger partial charge in [0.1, 0.15) is 5.69 Å². The molecule has 7 nitrogen and oxygen atoms in total. The molecule has 1 aromatic heterocycles. The smallest absolute Gasteiger partial charge is 0.323 e. The van der Waals surface area contributed by atoms with Crippen LogP contribution in [0.4, 0.5) is 22.0 Å². The molecule has 1 aromatic carbocycles. The Hall–Kier alpha value is -2.83. The van der Waals surface area contributed by atoms with E-state index < -0.39 is 0 Å². The number of anilines is 3. The third-order valence-corrected chi connectivity index (χ3v) is 3.32. The maximum Gasteiger partial charge on any atom is 0.323 e. The lowest BCUT2D eigenvalue weighted by Gasteiger charge is -2.17. The summed E-state index contributed by atoms with van der Waals surface area (Å²) in [5, 5.41) is 5.62. The minimum Gasteiger partial charge on any atom is -0.464 e. The van der Waals surface area contributed by atoms with Gasteiger partial charge in [-0.05, 0) is 32.4 Å². The van der Waals surface area contributed by atoms with Crippen molar-refractivity contribution >= 4 is 23.2 Å². The fourth-order valence-corrected chi connectivity index (χ4v) is 2.21. The summed E-state index contributed by atoms with van der Waals surface area (Å²) in [5.41, 5.74) is 3.41. The van der Waals surface area contributed by atoms with E-state index in [4.69, 9.17) is 4.74 Å². The van der Waals surface area contributed by atoms with Crippen molar-refractivity contribution in [1.29, 1.82) is 0 Å². The number of rotatable bonds is 5. The molecule has 2 amide bonds. The number of nitrogens with one attached hydrogen (secondary N) is 2. The second kappa shape index (κ2) is 7.63. The molecular weight excluding hydrogens is 306 g/mol. The summed E-state index contributed by atoms with van der Waals surface area (Å²) in [5.74, 6) is 0.573. The Morgan fingerprint density at radius 3 is 2.54 bits per heavy atom. The van der Waals surface area contributed by atoms with Gasteiger partial charge in [0.25, 0.3) is 0 Å². The van der Waals surface area contributed by atoms with E-state index >= 15 is 0 Å².